The number of hydrogen-bond acceptors (Lipinski definition) is 3. The number of hydrogen-bond donors (Lipinski definition) is 0. The van der Waals surface area contributed by atoms with Crippen molar-refractivity contribution in [3.8, 4) is 0 Å². The molecular weight excluding hydrogens is 199 g/mol. The van der Waals surface area contributed by atoms with Crippen LogP contribution >= 0.6 is 12.1 Å². The van der Waals surface area contributed by atoms with E-state index in [4.69, 9.17) is 0 Å². The monoisotopic (exact) mass is 212 g/mol. The van der Waals surface area contributed by atoms with Gasteiger partial charge in [-0.05, 0) is 31.4 Å². The third-order valence-corrected chi connectivity index (χ3v) is 2.92. The molecule has 0 unspecified atom stereocenters. The van der Waals surface area contributed by atoms with Gasteiger partial charge in [-0.3, -0.25) is 0 Å². The molecule has 1 aliphatic heterocycles. The van der Waals surface area contributed by atoms with Gasteiger partial charge in [0.2, 0.25) is 0 Å². The lowest BCUT2D eigenvalue weighted by atomic mass is 10.1. The Hall–Kier alpha value is -0.770. The molecule has 1 aromatic heterocycles. The van der Waals surface area contributed by atoms with E-state index >= 15 is 0 Å². The van der Waals surface area contributed by atoms with Crippen LogP contribution in [-0.4, -0.2) is 18.1 Å². The number of halogens is 1. The maximum absolute atomic E-state index is 12.1. The molecule has 1 aliphatic rings. The first-order valence-corrected chi connectivity index (χ1v) is 5.61. The topological polar surface area (TPSA) is 16.1 Å². The molecule has 0 saturated carbocycles. The molecule has 0 aromatic carbocycles. The van der Waals surface area contributed by atoms with Crippen LogP contribution in [0.15, 0.2) is 23.4 Å². The third kappa shape index (κ3) is 2.18. The zero-order valence-corrected chi connectivity index (χ0v) is 8.76. The summed E-state index contributed by atoms with van der Waals surface area (Å²) in [7, 11) is 0. The van der Waals surface area contributed by atoms with Crippen LogP contribution in [0.4, 0.5) is 9.57 Å². The fourth-order valence-corrected chi connectivity index (χ4v) is 1.97. The van der Waals surface area contributed by atoms with Crippen molar-refractivity contribution in [2.75, 3.05) is 18.0 Å². The largest absolute Gasteiger partial charge is 0.370 e. The van der Waals surface area contributed by atoms with Gasteiger partial charge in [-0.1, -0.05) is 0 Å². The number of piperidine rings is 1. The summed E-state index contributed by atoms with van der Waals surface area (Å²) in [6, 6.07) is 3.68. The van der Waals surface area contributed by atoms with Crippen LogP contribution in [0.3, 0.4) is 0 Å². The average molecular weight is 212 g/mol. The van der Waals surface area contributed by atoms with Crippen LogP contribution in [0.1, 0.15) is 19.3 Å². The van der Waals surface area contributed by atoms with Crippen LogP contribution in [0, 0.1) is 0 Å². The molecule has 0 N–H and O–H groups in total. The quantitative estimate of drug-likeness (QED) is 0.749. The molecule has 76 valence electrons. The number of anilines is 1. The average Bonchev–Trinajstić information content (AvgIpc) is 2.30. The molecule has 0 radical (unpaired) electrons. The molecule has 14 heavy (non-hydrogen) atoms. The van der Waals surface area contributed by atoms with Crippen LogP contribution in [-0.2, 0) is 0 Å². The molecule has 2 nitrogen and oxygen atoms in total. The molecule has 0 amide bonds. The first-order chi connectivity index (χ1) is 6.90. The molecule has 0 atom stereocenters. The van der Waals surface area contributed by atoms with E-state index in [0.717, 1.165) is 18.8 Å². The van der Waals surface area contributed by atoms with Gasteiger partial charge in [0, 0.05) is 13.1 Å². The van der Waals surface area contributed by atoms with Crippen molar-refractivity contribution in [1.29, 1.82) is 0 Å². The lowest BCUT2D eigenvalue weighted by molar-refractivity contribution is 0.577. The predicted molar refractivity (Wildman–Crippen MR) is 57.3 cm³/mol. The van der Waals surface area contributed by atoms with Crippen molar-refractivity contribution in [3.63, 3.8) is 0 Å². The van der Waals surface area contributed by atoms with E-state index in [2.05, 4.69) is 9.88 Å². The molecule has 2 rings (SSSR count). The minimum absolute atomic E-state index is 0.195. The summed E-state index contributed by atoms with van der Waals surface area (Å²) < 4.78 is 12.1. The normalized spacial score (nSPS) is 17.1. The van der Waals surface area contributed by atoms with Gasteiger partial charge in [-0.15, -0.1) is 0 Å². The number of nitrogens with zero attached hydrogens (tertiary/aromatic N) is 2. The first kappa shape index (κ1) is 9.77. The minimum atomic E-state index is 0.195. The molecule has 0 bridgehead atoms. The molecular formula is C10H13FN2S. The van der Waals surface area contributed by atoms with E-state index in [1.54, 1.807) is 12.3 Å². The fraction of sp³-hybridized carbons (Fsp3) is 0.500. The Kier molecular flexibility index (Phi) is 3.24. The Morgan fingerprint density at radius 1 is 1.21 bits per heavy atom. The van der Waals surface area contributed by atoms with E-state index in [0.29, 0.717) is 5.03 Å². The Balaban J connectivity index is 2.07. The Morgan fingerprint density at radius 2 is 2.00 bits per heavy atom. The van der Waals surface area contributed by atoms with Gasteiger partial charge in [-0.25, -0.2) is 4.98 Å². The maximum Gasteiger partial charge on any atom is 0.129 e. The van der Waals surface area contributed by atoms with Gasteiger partial charge in [0.25, 0.3) is 0 Å². The van der Waals surface area contributed by atoms with Gasteiger partial charge >= 0.3 is 0 Å². The van der Waals surface area contributed by atoms with Gasteiger partial charge in [0.1, 0.15) is 17.2 Å². The van der Waals surface area contributed by atoms with Crippen molar-refractivity contribution >= 4 is 17.8 Å². The van der Waals surface area contributed by atoms with E-state index in [1.807, 2.05) is 6.07 Å². The van der Waals surface area contributed by atoms with Crippen LogP contribution in [0.2, 0.25) is 0 Å². The molecule has 1 aromatic rings. The van der Waals surface area contributed by atoms with Gasteiger partial charge in [0.05, 0.1) is 11.9 Å². The van der Waals surface area contributed by atoms with Crippen molar-refractivity contribution in [2.24, 2.45) is 0 Å². The predicted octanol–water partition coefficient (Wildman–Crippen LogP) is 3.05. The number of rotatable bonds is 2. The minimum Gasteiger partial charge on any atom is -0.370 e. The first-order valence-electron chi connectivity index (χ1n) is 4.90. The maximum atomic E-state index is 12.1. The second kappa shape index (κ2) is 4.64. The van der Waals surface area contributed by atoms with Crippen molar-refractivity contribution in [2.45, 2.75) is 24.3 Å². The van der Waals surface area contributed by atoms with E-state index in [-0.39, 0.29) is 12.1 Å². The Labute approximate surface area is 87.8 Å². The van der Waals surface area contributed by atoms with E-state index in [9.17, 15) is 3.89 Å². The second-order valence-electron chi connectivity index (χ2n) is 3.48. The highest BCUT2D eigenvalue weighted by atomic mass is 32.2. The van der Waals surface area contributed by atoms with Crippen molar-refractivity contribution in [3.05, 3.63) is 18.3 Å². The second-order valence-corrected chi connectivity index (χ2v) is 4.05. The van der Waals surface area contributed by atoms with Gasteiger partial charge in [0.15, 0.2) is 0 Å². The third-order valence-electron chi connectivity index (χ3n) is 2.52. The van der Waals surface area contributed by atoms with Crippen LogP contribution in [0.25, 0.3) is 0 Å². The van der Waals surface area contributed by atoms with Crippen molar-refractivity contribution < 1.29 is 3.89 Å². The van der Waals surface area contributed by atoms with Crippen LogP contribution in [0.5, 0.6) is 0 Å². The molecule has 1 saturated heterocycles. The number of aromatic nitrogens is 1. The Morgan fingerprint density at radius 3 is 2.57 bits per heavy atom. The highest BCUT2D eigenvalue weighted by Gasteiger charge is 2.10. The molecule has 4 heteroatoms. The summed E-state index contributed by atoms with van der Waals surface area (Å²) in [5.41, 5.74) is 1.11. The standard InChI is InChI=1S/C10H13FN2S/c11-14-10-5-4-9(8-12-10)13-6-2-1-3-7-13/h4-5,8H,1-3,6-7H2. The number of pyridine rings is 1. The van der Waals surface area contributed by atoms with Gasteiger partial charge in [-0.2, -0.15) is 3.89 Å². The van der Waals surface area contributed by atoms with Crippen molar-refractivity contribution in [1.82, 2.24) is 4.98 Å². The SMILES string of the molecule is FSc1ccc(N2CCCCC2)cn1. The van der Waals surface area contributed by atoms with Gasteiger partial charge < -0.3 is 4.90 Å². The summed E-state index contributed by atoms with van der Waals surface area (Å²) in [6.07, 6.45) is 5.58. The van der Waals surface area contributed by atoms with E-state index in [1.165, 1.54) is 19.3 Å². The van der Waals surface area contributed by atoms with E-state index < -0.39 is 0 Å². The summed E-state index contributed by atoms with van der Waals surface area (Å²) in [5, 5.41) is 0.436. The lowest BCUT2D eigenvalue weighted by Gasteiger charge is -2.28. The zero-order valence-electron chi connectivity index (χ0n) is 7.95. The zero-order chi connectivity index (χ0) is 9.80. The smallest absolute Gasteiger partial charge is 0.129 e. The summed E-state index contributed by atoms with van der Waals surface area (Å²) in [4.78, 5) is 6.33. The van der Waals surface area contributed by atoms with Crippen LogP contribution < -0.4 is 4.90 Å². The highest BCUT2D eigenvalue weighted by molar-refractivity contribution is 7.94. The molecule has 0 aliphatic carbocycles. The summed E-state index contributed by atoms with van der Waals surface area (Å²) >= 11 is 0.195. The lowest BCUT2D eigenvalue weighted by Crippen LogP contribution is -2.29. The Bertz CT molecular complexity index is 283. The highest BCUT2D eigenvalue weighted by Crippen LogP contribution is 2.22. The molecule has 0 spiro atoms. The summed E-state index contributed by atoms with van der Waals surface area (Å²) in [5.74, 6) is 0. The summed E-state index contributed by atoms with van der Waals surface area (Å²) in [6.45, 7) is 2.20. The molecule has 1 fully saturated rings. The fourth-order valence-electron chi connectivity index (χ4n) is 1.76. The molecule has 2 heterocycles.